The van der Waals surface area contributed by atoms with E-state index >= 15 is 0 Å². The Morgan fingerprint density at radius 2 is 2.21 bits per heavy atom. The summed E-state index contributed by atoms with van der Waals surface area (Å²) in [6.45, 7) is 3.66. The summed E-state index contributed by atoms with van der Waals surface area (Å²) in [7, 11) is 0. The minimum absolute atomic E-state index is 0.137. The zero-order valence-electron chi connectivity index (χ0n) is 15.8. The van der Waals surface area contributed by atoms with Gasteiger partial charge in [0.15, 0.2) is 0 Å². The third kappa shape index (κ3) is 6.21. The Morgan fingerprint density at radius 1 is 1.29 bits per heavy atom. The summed E-state index contributed by atoms with van der Waals surface area (Å²) < 4.78 is 5.59. The molecular weight excluding hydrogens is 376 g/mol. The molecule has 0 amide bonds. The van der Waals surface area contributed by atoms with Crippen LogP contribution in [0.15, 0.2) is 41.8 Å². The lowest BCUT2D eigenvalue weighted by Gasteiger charge is -2.07. The van der Waals surface area contributed by atoms with Crippen molar-refractivity contribution in [2.45, 2.75) is 25.7 Å². The summed E-state index contributed by atoms with van der Waals surface area (Å²) in [6.07, 6.45) is 7.33. The molecule has 3 aromatic rings. The molecule has 9 heteroatoms. The molecule has 3 heterocycles. The van der Waals surface area contributed by atoms with E-state index in [1.54, 1.807) is 36.7 Å². The molecule has 0 spiro atoms. The highest BCUT2D eigenvalue weighted by molar-refractivity contribution is 7.98. The van der Waals surface area contributed by atoms with E-state index in [0.29, 0.717) is 37.7 Å². The highest BCUT2D eigenvalue weighted by atomic mass is 32.2. The van der Waals surface area contributed by atoms with Crippen molar-refractivity contribution < 1.29 is 4.74 Å². The summed E-state index contributed by atoms with van der Waals surface area (Å²) in [4.78, 5) is 30.6. The number of aromatic amines is 2. The van der Waals surface area contributed by atoms with Crippen LogP contribution in [0.3, 0.4) is 0 Å². The molecule has 0 aliphatic carbocycles. The van der Waals surface area contributed by atoms with E-state index in [4.69, 9.17) is 4.74 Å². The van der Waals surface area contributed by atoms with Crippen molar-refractivity contribution >= 4 is 17.7 Å². The molecule has 28 heavy (non-hydrogen) atoms. The second-order valence-electron chi connectivity index (χ2n) is 6.20. The topological polar surface area (TPSA) is 109 Å². The van der Waals surface area contributed by atoms with Gasteiger partial charge in [-0.05, 0) is 18.6 Å². The van der Waals surface area contributed by atoms with Crippen LogP contribution in [-0.2, 0) is 23.5 Å². The Kier molecular flexibility index (Phi) is 7.62. The molecule has 0 aliphatic heterocycles. The second kappa shape index (κ2) is 10.6. The van der Waals surface area contributed by atoms with Crippen molar-refractivity contribution in [1.82, 2.24) is 24.9 Å². The third-order valence-electron chi connectivity index (χ3n) is 4.09. The van der Waals surface area contributed by atoms with E-state index < -0.39 is 0 Å². The number of H-pyrrole nitrogens is 2. The lowest BCUT2D eigenvalue weighted by molar-refractivity contribution is 0.123. The first-order chi connectivity index (χ1) is 13.7. The molecule has 3 aromatic heterocycles. The van der Waals surface area contributed by atoms with Gasteiger partial charge in [0.05, 0.1) is 25.2 Å². The highest BCUT2D eigenvalue weighted by Crippen LogP contribution is 2.12. The van der Waals surface area contributed by atoms with Crippen LogP contribution in [0.5, 0.6) is 0 Å². The minimum atomic E-state index is -0.137. The number of hydrogen-bond acceptors (Lipinski definition) is 7. The SMILES string of the molecule is Cc1[nH]cnc1CSCCNc1ncc(CCOCc2cccnc2)c(=O)[nH]1. The Balaban J connectivity index is 1.35. The fourth-order valence-electron chi connectivity index (χ4n) is 2.49. The summed E-state index contributed by atoms with van der Waals surface area (Å²) in [5.41, 5.74) is 3.66. The fraction of sp³-hybridized carbons (Fsp3) is 0.368. The second-order valence-corrected chi connectivity index (χ2v) is 7.31. The van der Waals surface area contributed by atoms with Gasteiger partial charge in [-0.3, -0.25) is 14.8 Å². The van der Waals surface area contributed by atoms with Gasteiger partial charge in [-0.1, -0.05) is 6.07 Å². The normalized spacial score (nSPS) is 10.9. The van der Waals surface area contributed by atoms with Crippen LogP contribution in [0.2, 0.25) is 0 Å². The number of nitrogens with one attached hydrogen (secondary N) is 3. The lowest BCUT2D eigenvalue weighted by Crippen LogP contribution is -2.19. The number of rotatable bonds is 11. The number of imidazole rings is 1. The minimum Gasteiger partial charge on any atom is -0.376 e. The Bertz CT molecular complexity index is 912. The zero-order valence-corrected chi connectivity index (χ0v) is 16.6. The molecule has 0 atom stereocenters. The molecule has 0 aliphatic rings. The van der Waals surface area contributed by atoms with Gasteiger partial charge < -0.3 is 15.0 Å². The van der Waals surface area contributed by atoms with Crippen LogP contribution in [0, 0.1) is 6.92 Å². The van der Waals surface area contributed by atoms with Crippen LogP contribution < -0.4 is 10.9 Å². The average Bonchev–Trinajstić information content (AvgIpc) is 3.12. The standard InChI is InChI=1S/C19H24N6O2S/c1-14-17(24-13-23-14)12-28-8-6-21-19-22-10-16(18(26)25-19)4-7-27-11-15-3-2-5-20-9-15/h2-3,5,9-10,13H,4,6-8,11-12H2,1H3,(H,23,24)(H2,21,22,25,26). The van der Waals surface area contributed by atoms with E-state index in [-0.39, 0.29) is 5.56 Å². The van der Waals surface area contributed by atoms with Crippen molar-refractivity contribution in [3.63, 3.8) is 0 Å². The third-order valence-corrected chi connectivity index (χ3v) is 5.06. The number of aromatic nitrogens is 5. The van der Waals surface area contributed by atoms with Crippen molar-refractivity contribution in [3.05, 3.63) is 69.9 Å². The molecule has 0 saturated carbocycles. The average molecular weight is 401 g/mol. The lowest BCUT2D eigenvalue weighted by atomic mass is 10.2. The monoisotopic (exact) mass is 400 g/mol. The van der Waals surface area contributed by atoms with Crippen LogP contribution in [0.4, 0.5) is 5.95 Å². The molecule has 0 saturated heterocycles. The number of hydrogen-bond donors (Lipinski definition) is 3. The Hall–Kier alpha value is -2.65. The number of anilines is 1. The summed E-state index contributed by atoms with van der Waals surface area (Å²) in [5, 5.41) is 3.14. The maximum atomic E-state index is 12.2. The maximum absolute atomic E-state index is 12.2. The molecule has 3 N–H and O–H groups in total. The maximum Gasteiger partial charge on any atom is 0.255 e. The quantitative estimate of drug-likeness (QED) is 0.424. The number of nitrogens with zero attached hydrogens (tertiary/aromatic N) is 3. The van der Waals surface area contributed by atoms with Gasteiger partial charge in [0.2, 0.25) is 5.95 Å². The zero-order chi connectivity index (χ0) is 19.6. The first-order valence-electron chi connectivity index (χ1n) is 9.07. The molecule has 148 valence electrons. The summed E-state index contributed by atoms with van der Waals surface area (Å²) >= 11 is 1.78. The van der Waals surface area contributed by atoms with Crippen molar-refractivity contribution in [3.8, 4) is 0 Å². The number of pyridine rings is 1. The Morgan fingerprint density at radius 3 is 2.96 bits per heavy atom. The molecule has 0 aromatic carbocycles. The number of aryl methyl sites for hydroxylation is 1. The van der Waals surface area contributed by atoms with Crippen LogP contribution in [-0.4, -0.2) is 43.8 Å². The summed E-state index contributed by atoms with van der Waals surface area (Å²) in [5.74, 6) is 2.24. The smallest absolute Gasteiger partial charge is 0.255 e. The molecule has 8 nitrogen and oxygen atoms in total. The molecule has 0 bridgehead atoms. The van der Waals surface area contributed by atoms with Gasteiger partial charge in [-0.15, -0.1) is 0 Å². The molecule has 0 radical (unpaired) electrons. The molecule has 3 rings (SSSR count). The molecular formula is C19H24N6O2S. The van der Waals surface area contributed by atoms with E-state index in [2.05, 4.69) is 30.2 Å². The van der Waals surface area contributed by atoms with Crippen LogP contribution >= 0.6 is 11.8 Å². The first-order valence-corrected chi connectivity index (χ1v) is 10.2. The van der Waals surface area contributed by atoms with E-state index in [9.17, 15) is 4.79 Å². The number of ether oxygens (including phenoxy) is 1. The van der Waals surface area contributed by atoms with Crippen LogP contribution in [0.25, 0.3) is 0 Å². The van der Waals surface area contributed by atoms with E-state index in [0.717, 1.165) is 28.5 Å². The van der Waals surface area contributed by atoms with Gasteiger partial charge in [0.1, 0.15) is 0 Å². The van der Waals surface area contributed by atoms with Gasteiger partial charge in [-0.25, -0.2) is 9.97 Å². The predicted molar refractivity (Wildman–Crippen MR) is 110 cm³/mol. The highest BCUT2D eigenvalue weighted by Gasteiger charge is 2.04. The first kappa shape index (κ1) is 20.1. The van der Waals surface area contributed by atoms with E-state index in [1.807, 2.05) is 19.1 Å². The van der Waals surface area contributed by atoms with Gasteiger partial charge in [-0.2, -0.15) is 11.8 Å². The predicted octanol–water partition coefficient (Wildman–Crippen LogP) is 2.30. The molecule has 0 fully saturated rings. The molecule has 0 unspecified atom stereocenters. The summed E-state index contributed by atoms with van der Waals surface area (Å²) in [6, 6.07) is 3.83. The van der Waals surface area contributed by atoms with Crippen molar-refractivity contribution in [2.24, 2.45) is 0 Å². The van der Waals surface area contributed by atoms with Crippen molar-refractivity contribution in [1.29, 1.82) is 0 Å². The van der Waals surface area contributed by atoms with Gasteiger partial charge in [0, 0.05) is 54.3 Å². The van der Waals surface area contributed by atoms with Gasteiger partial charge >= 0.3 is 0 Å². The largest absolute Gasteiger partial charge is 0.376 e. The Labute approximate surface area is 167 Å². The van der Waals surface area contributed by atoms with Gasteiger partial charge in [0.25, 0.3) is 5.56 Å². The van der Waals surface area contributed by atoms with Crippen LogP contribution in [0.1, 0.15) is 22.5 Å². The number of thioether (sulfide) groups is 1. The van der Waals surface area contributed by atoms with Crippen molar-refractivity contribution in [2.75, 3.05) is 24.2 Å². The fourth-order valence-corrected chi connectivity index (χ4v) is 3.36. The van der Waals surface area contributed by atoms with E-state index in [1.165, 1.54) is 0 Å².